The highest BCUT2D eigenvalue weighted by Crippen LogP contribution is 2.29. The molecular weight excluding hydrogens is 188 g/mol. The number of rotatable bonds is 4. The van der Waals surface area contributed by atoms with Gasteiger partial charge in [0, 0.05) is 6.04 Å². The molecule has 0 amide bonds. The second-order valence-corrected chi connectivity index (χ2v) is 4.61. The highest BCUT2D eigenvalue weighted by molar-refractivity contribution is 5.05. The Morgan fingerprint density at radius 3 is 2.67 bits per heavy atom. The lowest BCUT2D eigenvalue weighted by Crippen LogP contribution is -2.36. The van der Waals surface area contributed by atoms with Gasteiger partial charge in [0.25, 0.3) is 0 Å². The van der Waals surface area contributed by atoms with E-state index < -0.39 is 0 Å². The highest BCUT2D eigenvalue weighted by atomic mass is 16.4. The van der Waals surface area contributed by atoms with Crippen LogP contribution in [0.5, 0.6) is 0 Å². The lowest BCUT2D eigenvalue weighted by Gasteiger charge is -2.31. The topological polar surface area (TPSA) is 38.1 Å². The van der Waals surface area contributed by atoms with Crippen molar-refractivity contribution < 1.29 is 4.42 Å². The molecule has 0 aliphatic heterocycles. The van der Waals surface area contributed by atoms with Crippen molar-refractivity contribution in [3.05, 3.63) is 17.3 Å². The first kappa shape index (κ1) is 10.7. The maximum Gasteiger partial charge on any atom is 0.208 e. The number of aromatic nitrogens is 1. The summed E-state index contributed by atoms with van der Waals surface area (Å²) in [4.78, 5) is 4.36. The van der Waals surface area contributed by atoms with Gasteiger partial charge in [0.05, 0.1) is 12.2 Å². The van der Waals surface area contributed by atoms with Crippen LogP contribution in [0.4, 0.5) is 0 Å². The highest BCUT2D eigenvalue weighted by Gasteiger charge is 2.23. The summed E-state index contributed by atoms with van der Waals surface area (Å²) < 4.78 is 5.52. The minimum Gasteiger partial charge on any atom is -0.444 e. The molecule has 1 aromatic rings. The lowest BCUT2D eigenvalue weighted by atomic mass is 9.80. The van der Waals surface area contributed by atoms with Crippen molar-refractivity contribution in [2.45, 2.75) is 52.6 Å². The number of hydrogen-bond donors (Lipinski definition) is 1. The standard InChI is InChI=1S/C12H20N2O/c1-8-10(3)15-12(14-8)7-13-9(2)11-5-4-6-11/h9,11,13H,4-7H2,1-3H3. The molecule has 0 bridgehead atoms. The van der Waals surface area contributed by atoms with Crippen LogP contribution >= 0.6 is 0 Å². The number of oxazole rings is 1. The predicted octanol–water partition coefficient (Wildman–Crippen LogP) is 2.57. The molecule has 1 N–H and O–H groups in total. The van der Waals surface area contributed by atoms with Crippen LogP contribution in [0.15, 0.2) is 4.42 Å². The Morgan fingerprint density at radius 2 is 2.20 bits per heavy atom. The molecule has 0 radical (unpaired) electrons. The Labute approximate surface area is 91.3 Å². The second-order valence-electron chi connectivity index (χ2n) is 4.61. The summed E-state index contributed by atoms with van der Waals surface area (Å²) in [6.07, 6.45) is 4.14. The first-order chi connectivity index (χ1) is 7.16. The van der Waals surface area contributed by atoms with E-state index in [1.807, 2.05) is 13.8 Å². The Balaban J connectivity index is 1.81. The third-order valence-corrected chi connectivity index (χ3v) is 3.51. The number of hydrogen-bond acceptors (Lipinski definition) is 3. The zero-order chi connectivity index (χ0) is 10.8. The quantitative estimate of drug-likeness (QED) is 0.826. The smallest absolute Gasteiger partial charge is 0.208 e. The maximum absolute atomic E-state index is 5.52. The first-order valence-corrected chi connectivity index (χ1v) is 5.83. The summed E-state index contributed by atoms with van der Waals surface area (Å²) in [5.41, 5.74) is 1.00. The van der Waals surface area contributed by atoms with Gasteiger partial charge in [-0.1, -0.05) is 6.42 Å². The SMILES string of the molecule is Cc1nc(CNC(C)C2CCC2)oc1C. The van der Waals surface area contributed by atoms with Gasteiger partial charge in [0.2, 0.25) is 5.89 Å². The molecule has 84 valence electrons. The van der Waals surface area contributed by atoms with Gasteiger partial charge >= 0.3 is 0 Å². The largest absolute Gasteiger partial charge is 0.444 e. The molecule has 1 unspecified atom stereocenters. The predicted molar refractivity (Wildman–Crippen MR) is 59.6 cm³/mol. The maximum atomic E-state index is 5.52. The first-order valence-electron chi connectivity index (χ1n) is 5.83. The number of aryl methyl sites for hydroxylation is 2. The van der Waals surface area contributed by atoms with Gasteiger partial charge in [0.1, 0.15) is 5.76 Å². The number of nitrogens with zero attached hydrogens (tertiary/aromatic N) is 1. The van der Waals surface area contributed by atoms with Crippen LogP contribution in [0.2, 0.25) is 0 Å². The molecule has 15 heavy (non-hydrogen) atoms. The average molecular weight is 208 g/mol. The summed E-state index contributed by atoms with van der Waals surface area (Å²) in [7, 11) is 0. The van der Waals surface area contributed by atoms with E-state index in [1.54, 1.807) is 0 Å². The van der Waals surface area contributed by atoms with Gasteiger partial charge in [-0.15, -0.1) is 0 Å². The van der Waals surface area contributed by atoms with Gasteiger partial charge in [0.15, 0.2) is 0 Å². The molecule has 1 aromatic heterocycles. The van der Waals surface area contributed by atoms with Crippen LogP contribution in [0.25, 0.3) is 0 Å². The van der Waals surface area contributed by atoms with Gasteiger partial charge in [-0.2, -0.15) is 0 Å². The molecule has 0 aromatic carbocycles. The van der Waals surface area contributed by atoms with E-state index in [9.17, 15) is 0 Å². The van der Waals surface area contributed by atoms with Gasteiger partial charge in [-0.25, -0.2) is 4.98 Å². The van der Waals surface area contributed by atoms with Crippen LogP contribution < -0.4 is 5.32 Å². The van der Waals surface area contributed by atoms with Crippen molar-refractivity contribution in [3.8, 4) is 0 Å². The molecule has 0 saturated heterocycles. The summed E-state index contributed by atoms with van der Waals surface area (Å²) in [5.74, 6) is 2.61. The molecule has 3 nitrogen and oxygen atoms in total. The fourth-order valence-electron chi connectivity index (χ4n) is 1.97. The zero-order valence-electron chi connectivity index (χ0n) is 9.84. The fraction of sp³-hybridized carbons (Fsp3) is 0.750. The summed E-state index contributed by atoms with van der Waals surface area (Å²) in [6, 6.07) is 0.589. The Kier molecular flexibility index (Phi) is 3.10. The van der Waals surface area contributed by atoms with Crippen LogP contribution in [0, 0.1) is 19.8 Å². The van der Waals surface area contributed by atoms with E-state index in [1.165, 1.54) is 19.3 Å². The van der Waals surface area contributed by atoms with E-state index in [0.717, 1.165) is 29.8 Å². The van der Waals surface area contributed by atoms with Crippen molar-refractivity contribution in [1.29, 1.82) is 0 Å². The van der Waals surface area contributed by atoms with Crippen molar-refractivity contribution in [1.82, 2.24) is 10.3 Å². The van der Waals surface area contributed by atoms with Crippen LogP contribution in [0.3, 0.4) is 0 Å². The minimum absolute atomic E-state index is 0.589. The Morgan fingerprint density at radius 1 is 1.47 bits per heavy atom. The normalized spacial score (nSPS) is 18.9. The third-order valence-electron chi connectivity index (χ3n) is 3.51. The van der Waals surface area contributed by atoms with Crippen LogP contribution in [0.1, 0.15) is 43.5 Å². The van der Waals surface area contributed by atoms with Crippen LogP contribution in [-0.4, -0.2) is 11.0 Å². The molecule has 2 rings (SSSR count). The average Bonchev–Trinajstić information content (AvgIpc) is 2.40. The lowest BCUT2D eigenvalue weighted by molar-refractivity contribution is 0.235. The molecular formula is C12H20N2O. The molecule has 3 heteroatoms. The van der Waals surface area contributed by atoms with E-state index in [2.05, 4.69) is 17.2 Å². The monoisotopic (exact) mass is 208 g/mol. The minimum atomic E-state index is 0.589. The third kappa shape index (κ3) is 2.40. The zero-order valence-corrected chi connectivity index (χ0v) is 9.84. The van der Waals surface area contributed by atoms with Gasteiger partial charge < -0.3 is 9.73 Å². The van der Waals surface area contributed by atoms with E-state index >= 15 is 0 Å². The van der Waals surface area contributed by atoms with Crippen molar-refractivity contribution in [3.63, 3.8) is 0 Å². The number of nitrogens with one attached hydrogen (secondary N) is 1. The van der Waals surface area contributed by atoms with Crippen molar-refractivity contribution in [2.24, 2.45) is 5.92 Å². The summed E-state index contributed by atoms with van der Waals surface area (Å²) in [5, 5.41) is 3.49. The summed E-state index contributed by atoms with van der Waals surface area (Å²) in [6.45, 7) is 6.96. The van der Waals surface area contributed by atoms with E-state index in [-0.39, 0.29) is 0 Å². The van der Waals surface area contributed by atoms with Gasteiger partial charge in [-0.3, -0.25) is 0 Å². The molecule has 1 saturated carbocycles. The molecule has 1 aliphatic rings. The Bertz CT molecular complexity index is 309. The Hall–Kier alpha value is -0.830. The van der Waals surface area contributed by atoms with Crippen molar-refractivity contribution >= 4 is 0 Å². The fourth-order valence-corrected chi connectivity index (χ4v) is 1.97. The molecule has 1 fully saturated rings. The molecule has 0 spiro atoms. The molecule has 1 atom stereocenters. The second kappa shape index (κ2) is 4.35. The van der Waals surface area contributed by atoms with E-state index in [0.29, 0.717) is 6.04 Å². The van der Waals surface area contributed by atoms with Crippen LogP contribution in [-0.2, 0) is 6.54 Å². The van der Waals surface area contributed by atoms with Gasteiger partial charge in [-0.05, 0) is 39.5 Å². The molecule has 1 aliphatic carbocycles. The van der Waals surface area contributed by atoms with E-state index in [4.69, 9.17) is 4.42 Å². The summed E-state index contributed by atoms with van der Waals surface area (Å²) >= 11 is 0. The van der Waals surface area contributed by atoms with Crippen molar-refractivity contribution in [2.75, 3.05) is 0 Å². The molecule has 1 heterocycles.